The summed E-state index contributed by atoms with van der Waals surface area (Å²) in [4.78, 5) is 1.11. The smallest absolute Gasteiger partial charge is 0.156 e. The fourth-order valence-corrected chi connectivity index (χ4v) is 3.87. The fraction of sp³-hybridized carbons (Fsp3) is 0.571. The van der Waals surface area contributed by atoms with Crippen LogP contribution in [0.4, 0.5) is 0 Å². The van der Waals surface area contributed by atoms with Gasteiger partial charge >= 0.3 is 0 Å². The molecular weight excluding hydrogens is 278 g/mol. The van der Waals surface area contributed by atoms with Crippen LogP contribution in [0.3, 0.4) is 0 Å². The van der Waals surface area contributed by atoms with Gasteiger partial charge < -0.3 is 5.32 Å². The third kappa shape index (κ3) is 5.16. The number of rotatable bonds is 6. The predicted molar refractivity (Wildman–Crippen MR) is 83.5 cm³/mol. The average Bonchev–Trinajstić information content (AvgIpc) is 2.30. The van der Waals surface area contributed by atoms with Crippen LogP contribution in [0.2, 0.25) is 0 Å². The number of benzene rings is 1. The summed E-state index contributed by atoms with van der Waals surface area (Å²) >= 11 is 1.59. The number of sulfone groups is 1. The van der Waals surface area contributed by atoms with Crippen LogP contribution in [0, 0.1) is 0 Å². The van der Waals surface area contributed by atoms with Gasteiger partial charge in [-0.2, -0.15) is 0 Å². The molecule has 0 aliphatic rings. The van der Waals surface area contributed by atoms with E-state index in [4.69, 9.17) is 0 Å². The van der Waals surface area contributed by atoms with E-state index >= 15 is 0 Å². The van der Waals surface area contributed by atoms with E-state index in [0.29, 0.717) is 5.75 Å². The summed E-state index contributed by atoms with van der Waals surface area (Å²) < 4.78 is 23.3. The third-order valence-electron chi connectivity index (χ3n) is 2.86. The second kappa shape index (κ2) is 6.77. The Morgan fingerprint density at radius 2 is 1.74 bits per heavy atom. The molecule has 0 unspecified atom stereocenters. The summed E-state index contributed by atoms with van der Waals surface area (Å²) in [7, 11) is -1.10. The summed E-state index contributed by atoms with van der Waals surface area (Å²) in [6.07, 6.45) is 0. The largest absolute Gasteiger partial charge is 0.316 e. The van der Waals surface area contributed by atoms with Crippen molar-refractivity contribution in [2.75, 3.05) is 18.6 Å². The number of thioether (sulfide) groups is 1. The van der Waals surface area contributed by atoms with Crippen LogP contribution in [0.25, 0.3) is 0 Å². The van der Waals surface area contributed by atoms with Crippen molar-refractivity contribution in [1.82, 2.24) is 5.32 Å². The predicted octanol–water partition coefficient (Wildman–Crippen LogP) is 2.71. The van der Waals surface area contributed by atoms with Crippen molar-refractivity contribution in [3.63, 3.8) is 0 Å². The first kappa shape index (κ1) is 16.5. The summed E-state index contributed by atoms with van der Waals surface area (Å²) in [5.41, 5.74) is 1.23. The molecule has 0 aliphatic heterocycles. The van der Waals surface area contributed by atoms with Crippen LogP contribution in [0.15, 0.2) is 29.2 Å². The van der Waals surface area contributed by atoms with Gasteiger partial charge in [-0.25, -0.2) is 8.42 Å². The molecule has 1 aromatic rings. The molecule has 0 fully saturated rings. The number of nitrogens with one attached hydrogen (secondary N) is 1. The highest BCUT2D eigenvalue weighted by Crippen LogP contribution is 2.22. The first-order valence-corrected chi connectivity index (χ1v) is 8.99. The Labute approximate surface area is 121 Å². The number of hydrogen-bond acceptors (Lipinski definition) is 4. The first-order valence-electron chi connectivity index (χ1n) is 6.35. The highest BCUT2D eigenvalue weighted by Gasteiger charge is 2.28. The van der Waals surface area contributed by atoms with E-state index in [1.165, 1.54) is 5.56 Å². The van der Waals surface area contributed by atoms with Crippen molar-refractivity contribution in [3.05, 3.63) is 29.8 Å². The molecule has 0 spiro atoms. The Kier molecular flexibility index (Phi) is 5.89. The van der Waals surface area contributed by atoms with Gasteiger partial charge in [0, 0.05) is 17.2 Å². The van der Waals surface area contributed by atoms with Crippen molar-refractivity contribution >= 4 is 21.6 Å². The quantitative estimate of drug-likeness (QED) is 0.821. The highest BCUT2D eigenvalue weighted by atomic mass is 32.2. The molecule has 3 nitrogen and oxygen atoms in total. The zero-order valence-corrected chi connectivity index (χ0v) is 13.7. The molecule has 0 bridgehead atoms. The highest BCUT2D eigenvalue weighted by molar-refractivity contribution is 8.01. The van der Waals surface area contributed by atoms with Gasteiger partial charge in [0.2, 0.25) is 0 Å². The van der Waals surface area contributed by atoms with Gasteiger partial charge in [-0.3, -0.25) is 0 Å². The normalized spacial score (nSPS) is 12.6. The van der Waals surface area contributed by atoms with Crippen molar-refractivity contribution in [3.8, 4) is 0 Å². The fourth-order valence-electron chi connectivity index (χ4n) is 1.48. The molecule has 5 heteroatoms. The monoisotopic (exact) mass is 301 g/mol. The van der Waals surface area contributed by atoms with Gasteiger partial charge in [-0.1, -0.05) is 12.1 Å². The van der Waals surface area contributed by atoms with E-state index in [9.17, 15) is 8.42 Å². The minimum absolute atomic E-state index is 0.222. The minimum atomic E-state index is -3.02. The second-order valence-corrected chi connectivity index (χ2v) is 9.48. The van der Waals surface area contributed by atoms with E-state index in [0.717, 1.165) is 11.4 Å². The van der Waals surface area contributed by atoms with Crippen molar-refractivity contribution in [1.29, 1.82) is 0 Å². The third-order valence-corrected chi connectivity index (χ3v) is 6.74. The van der Waals surface area contributed by atoms with E-state index in [1.54, 1.807) is 32.5 Å². The standard InChI is InChI=1S/C14H23NO2S2/c1-14(2,3)19(16,17)10-9-18-13-7-5-12(6-8-13)11-15-4/h5-8,15H,9-11H2,1-4H3. The summed E-state index contributed by atoms with van der Waals surface area (Å²) in [5.74, 6) is 0.824. The van der Waals surface area contributed by atoms with Gasteiger partial charge in [-0.05, 0) is 45.5 Å². The van der Waals surface area contributed by atoms with Gasteiger partial charge in [0.1, 0.15) is 0 Å². The molecule has 0 aromatic heterocycles. The molecule has 1 rings (SSSR count). The maximum atomic E-state index is 12.0. The lowest BCUT2D eigenvalue weighted by Crippen LogP contribution is -2.31. The van der Waals surface area contributed by atoms with Gasteiger partial charge in [0.15, 0.2) is 9.84 Å². The molecule has 0 saturated carbocycles. The van der Waals surface area contributed by atoms with E-state index in [1.807, 2.05) is 19.2 Å². The molecule has 1 aromatic carbocycles. The second-order valence-electron chi connectivity index (χ2n) is 5.45. The summed E-state index contributed by atoms with van der Waals surface area (Å²) in [5, 5.41) is 3.10. The molecule has 108 valence electrons. The zero-order chi connectivity index (χ0) is 14.5. The lowest BCUT2D eigenvalue weighted by molar-refractivity contribution is 0.562. The number of hydrogen-bond donors (Lipinski definition) is 1. The van der Waals surface area contributed by atoms with Gasteiger partial charge in [0.25, 0.3) is 0 Å². The maximum absolute atomic E-state index is 12.0. The zero-order valence-electron chi connectivity index (χ0n) is 12.1. The molecule has 0 amide bonds. The molecule has 0 atom stereocenters. The summed E-state index contributed by atoms with van der Waals surface area (Å²) in [6.45, 7) is 6.10. The Morgan fingerprint density at radius 3 is 2.21 bits per heavy atom. The van der Waals surface area contributed by atoms with Crippen LogP contribution in [-0.2, 0) is 16.4 Å². The van der Waals surface area contributed by atoms with E-state index in [-0.39, 0.29) is 5.75 Å². The van der Waals surface area contributed by atoms with Crippen LogP contribution >= 0.6 is 11.8 Å². The van der Waals surface area contributed by atoms with Crippen molar-refractivity contribution in [2.45, 2.75) is 37.0 Å². The molecular formula is C14H23NO2S2. The van der Waals surface area contributed by atoms with Crippen LogP contribution < -0.4 is 5.32 Å². The van der Waals surface area contributed by atoms with Gasteiger partial charge in [-0.15, -0.1) is 11.8 Å². The van der Waals surface area contributed by atoms with Crippen LogP contribution in [0.5, 0.6) is 0 Å². The average molecular weight is 301 g/mol. The topological polar surface area (TPSA) is 46.2 Å². The van der Waals surface area contributed by atoms with Gasteiger partial charge in [0.05, 0.1) is 10.5 Å². The Balaban J connectivity index is 2.50. The molecule has 19 heavy (non-hydrogen) atoms. The summed E-state index contributed by atoms with van der Waals surface area (Å²) in [6, 6.07) is 8.22. The SMILES string of the molecule is CNCc1ccc(SCCS(=O)(=O)C(C)(C)C)cc1. The van der Waals surface area contributed by atoms with Crippen LogP contribution in [-0.4, -0.2) is 31.7 Å². The van der Waals surface area contributed by atoms with Crippen molar-refractivity contribution < 1.29 is 8.42 Å². The molecule has 0 saturated heterocycles. The molecule has 0 heterocycles. The maximum Gasteiger partial charge on any atom is 0.156 e. The van der Waals surface area contributed by atoms with Crippen LogP contribution in [0.1, 0.15) is 26.3 Å². The minimum Gasteiger partial charge on any atom is -0.316 e. The Morgan fingerprint density at radius 1 is 1.16 bits per heavy atom. The van der Waals surface area contributed by atoms with Crippen molar-refractivity contribution in [2.24, 2.45) is 0 Å². The van der Waals surface area contributed by atoms with E-state index < -0.39 is 14.6 Å². The Hall–Kier alpha value is -0.520. The lowest BCUT2D eigenvalue weighted by atomic mass is 10.2. The lowest BCUT2D eigenvalue weighted by Gasteiger charge is -2.18. The first-order chi connectivity index (χ1) is 8.76. The Bertz CT molecular complexity index is 487. The molecule has 0 aliphatic carbocycles. The molecule has 1 N–H and O–H groups in total. The molecule has 0 radical (unpaired) electrons. The van der Waals surface area contributed by atoms with E-state index in [2.05, 4.69) is 17.4 Å².